The summed E-state index contributed by atoms with van der Waals surface area (Å²) in [5.74, 6) is 3.23. The first kappa shape index (κ1) is 13.7. The number of hydrogen-bond donors (Lipinski definition) is 2. The van der Waals surface area contributed by atoms with Crippen LogP contribution in [0.1, 0.15) is 26.7 Å². The van der Waals surface area contributed by atoms with Crippen molar-refractivity contribution in [1.29, 1.82) is 0 Å². The van der Waals surface area contributed by atoms with Crippen LogP contribution in [0.25, 0.3) is 0 Å². The van der Waals surface area contributed by atoms with Gasteiger partial charge in [0.1, 0.15) is 5.54 Å². The molecule has 0 aromatic rings. The van der Waals surface area contributed by atoms with Gasteiger partial charge in [0.15, 0.2) is 0 Å². The van der Waals surface area contributed by atoms with E-state index in [1.54, 1.807) is 0 Å². The Hall–Kier alpha value is -0.260. The Bertz CT molecular complexity index is 382. The van der Waals surface area contributed by atoms with E-state index in [4.69, 9.17) is 10.5 Å². The lowest BCUT2D eigenvalue weighted by molar-refractivity contribution is -0.175. The van der Waals surface area contributed by atoms with Crippen LogP contribution in [-0.4, -0.2) is 42.2 Å². The van der Waals surface area contributed by atoms with E-state index in [2.05, 4.69) is 19.2 Å². The summed E-state index contributed by atoms with van der Waals surface area (Å²) >= 11 is 1.97. The highest BCUT2D eigenvalue weighted by Gasteiger charge is 2.71. The third-order valence-corrected chi connectivity index (χ3v) is 6.64. The van der Waals surface area contributed by atoms with E-state index in [-0.39, 0.29) is 23.3 Å². The molecule has 2 aliphatic heterocycles. The van der Waals surface area contributed by atoms with Crippen molar-refractivity contribution in [3.05, 3.63) is 0 Å². The van der Waals surface area contributed by atoms with E-state index < -0.39 is 5.54 Å². The minimum absolute atomic E-state index is 0.0288. The molecule has 0 spiro atoms. The minimum atomic E-state index is -0.750. The van der Waals surface area contributed by atoms with Crippen LogP contribution in [0.5, 0.6) is 0 Å². The SMILES string of the molecule is CC1(C)C2OCCC2C1(N)C(=O)NCC1CCSC1. The molecule has 1 aliphatic carbocycles. The fourth-order valence-corrected chi connectivity index (χ4v) is 5.26. The average molecular weight is 284 g/mol. The van der Waals surface area contributed by atoms with Crippen molar-refractivity contribution in [3.63, 3.8) is 0 Å². The fraction of sp³-hybridized carbons (Fsp3) is 0.929. The fourth-order valence-electron chi connectivity index (χ4n) is 3.97. The molecule has 0 radical (unpaired) electrons. The summed E-state index contributed by atoms with van der Waals surface area (Å²) in [6.07, 6.45) is 2.28. The highest BCUT2D eigenvalue weighted by atomic mass is 32.2. The predicted molar refractivity (Wildman–Crippen MR) is 77.0 cm³/mol. The number of thioether (sulfide) groups is 1. The Labute approximate surface area is 119 Å². The highest BCUT2D eigenvalue weighted by Crippen LogP contribution is 2.58. The third-order valence-electron chi connectivity index (χ3n) is 5.41. The van der Waals surface area contributed by atoms with Crippen LogP contribution in [0.15, 0.2) is 0 Å². The summed E-state index contributed by atoms with van der Waals surface area (Å²) in [4.78, 5) is 12.6. The minimum Gasteiger partial charge on any atom is -0.377 e. The molecule has 0 bridgehead atoms. The van der Waals surface area contributed by atoms with Crippen molar-refractivity contribution in [3.8, 4) is 0 Å². The Balaban J connectivity index is 1.64. The number of carbonyl (C=O) groups is 1. The molecule has 108 valence electrons. The first-order chi connectivity index (χ1) is 8.98. The van der Waals surface area contributed by atoms with Gasteiger partial charge in [-0.2, -0.15) is 11.8 Å². The molecule has 3 N–H and O–H groups in total. The topological polar surface area (TPSA) is 64.3 Å². The molecular formula is C14H24N2O2S. The summed E-state index contributed by atoms with van der Waals surface area (Å²) in [5.41, 5.74) is 5.49. The molecule has 4 nitrogen and oxygen atoms in total. The maximum Gasteiger partial charge on any atom is 0.241 e. The van der Waals surface area contributed by atoms with Crippen molar-refractivity contribution in [2.24, 2.45) is 23.0 Å². The Kier molecular flexibility index (Phi) is 3.35. The van der Waals surface area contributed by atoms with Crippen LogP contribution in [0.2, 0.25) is 0 Å². The molecule has 1 amide bonds. The molecule has 19 heavy (non-hydrogen) atoms. The van der Waals surface area contributed by atoms with E-state index in [9.17, 15) is 4.79 Å². The summed E-state index contributed by atoms with van der Waals surface area (Å²) in [5, 5.41) is 3.10. The maximum absolute atomic E-state index is 12.6. The number of carbonyl (C=O) groups excluding carboxylic acids is 1. The van der Waals surface area contributed by atoms with E-state index in [1.165, 1.54) is 12.2 Å². The normalized spacial score (nSPS) is 43.6. The summed E-state index contributed by atoms with van der Waals surface area (Å²) in [6.45, 7) is 5.64. The van der Waals surface area contributed by atoms with Gasteiger partial charge in [0, 0.05) is 24.5 Å². The lowest BCUT2D eigenvalue weighted by Crippen LogP contribution is -2.80. The zero-order valence-corrected chi connectivity index (χ0v) is 12.6. The number of nitrogens with one attached hydrogen (secondary N) is 1. The van der Waals surface area contributed by atoms with Gasteiger partial charge in [0.05, 0.1) is 6.10 Å². The molecule has 3 rings (SSSR count). The molecule has 3 aliphatic rings. The van der Waals surface area contributed by atoms with Crippen molar-refractivity contribution in [2.75, 3.05) is 24.7 Å². The molecule has 2 heterocycles. The van der Waals surface area contributed by atoms with Crippen molar-refractivity contribution < 1.29 is 9.53 Å². The Morgan fingerprint density at radius 2 is 2.26 bits per heavy atom. The molecule has 5 heteroatoms. The van der Waals surface area contributed by atoms with Gasteiger partial charge in [-0.25, -0.2) is 0 Å². The molecule has 3 fully saturated rings. The second-order valence-electron chi connectivity index (χ2n) is 6.72. The Morgan fingerprint density at radius 1 is 1.47 bits per heavy atom. The zero-order valence-electron chi connectivity index (χ0n) is 11.8. The number of rotatable bonds is 3. The summed E-state index contributed by atoms with van der Waals surface area (Å²) in [6, 6.07) is 0. The van der Waals surface area contributed by atoms with Gasteiger partial charge in [-0.3, -0.25) is 4.79 Å². The molecule has 4 unspecified atom stereocenters. The van der Waals surface area contributed by atoms with Crippen LogP contribution in [0.3, 0.4) is 0 Å². The quantitative estimate of drug-likeness (QED) is 0.811. The van der Waals surface area contributed by atoms with Crippen molar-refractivity contribution in [1.82, 2.24) is 5.32 Å². The number of nitrogens with two attached hydrogens (primary N) is 1. The smallest absolute Gasteiger partial charge is 0.241 e. The largest absolute Gasteiger partial charge is 0.377 e. The lowest BCUT2D eigenvalue weighted by atomic mass is 9.48. The van der Waals surface area contributed by atoms with E-state index in [0.717, 1.165) is 25.3 Å². The number of fused-ring (bicyclic) bond motifs is 1. The van der Waals surface area contributed by atoms with Crippen molar-refractivity contribution >= 4 is 17.7 Å². The number of hydrogen-bond acceptors (Lipinski definition) is 4. The second kappa shape index (κ2) is 4.64. The lowest BCUT2D eigenvalue weighted by Gasteiger charge is -2.60. The summed E-state index contributed by atoms with van der Waals surface area (Å²) in [7, 11) is 0. The monoisotopic (exact) mass is 284 g/mol. The van der Waals surface area contributed by atoms with Crippen molar-refractivity contribution in [2.45, 2.75) is 38.3 Å². The van der Waals surface area contributed by atoms with Gasteiger partial charge in [-0.05, 0) is 30.3 Å². The molecule has 2 saturated heterocycles. The first-order valence-corrected chi connectivity index (χ1v) is 8.40. The van der Waals surface area contributed by atoms with E-state index >= 15 is 0 Å². The number of ether oxygens (including phenoxy) is 1. The van der Waals surface area contributed by atoms with E-state index in [0.29, 0.717) is 5.92 Å². The number of amides is 1. The van der Waals surface area contributed by atoms with Crippen LogP contribution in [0.4, 0.5) is 0 Å². The standard InChI is InChI=1S/C14H24N2O2S/c1-13(2)11-10(3-5-18-11)14(13,15)12(17)16-7-9-4-6-19-8-9/h9-11H,3-8,15H2,1-2H3,(H,16,17). The predicted octanol–water partition coefficient (Wildman–Crippen LogP) is 0.998. The summed E-state index contributed by atoms with van der Waals surface area (Å²) < 4.78 is 5.73. The van der Waals surface area contributed by atoms with Gasteiger partial charge < -0.3 is 15.8 Å². The average Bonchev–Trinajstić information content (AvgIpc) is 3.04. The molecule has 0 aromatic carbocycles. The maximum atomic E-state index is 12.6. The van der Waals surface area contributed by atoms with Gasteiger partial charge in [-0.1, -0.05) is 13.8 Å². The third kappa shape index (κ3) is 1.85. The van der Waals surface area contributed by atoms with Gasteiger partial charge in [0.2, 0.25) is 5.91 Å². The van der Waals surface area contributed by atoms with Gasteiger partial charge >= 0.3 is 0 Å². The molecule has 1 saturated carbocycles. The van der Waals surface area contributed by atoms with Crippen LogP contribution >= 0.6 is 11.8 Å². The van der Waals surface area contributed by atoms with Gasteiger partial charge in [-0.15, -0.1) is 0 Å². The van der Waals surface area contributed by atoms with Crippen LogP contribution < -0.4 is 11.1 Å². The Morgan fingerprint density at radius 3 is 2.95 bits per heavy atom. The van der Waals surface area contributed by atoms with Crippen LogP contribution in [-0.2, 0) is 9.53 Å². The highest BCUT2D eigenvalue weighted by molar-refractivity contribution is 7.99. The first-order valence-electron chi connectivity index (χ1n) is 7.24. The molecule has 4 atom stereocenters. The molecular weight excluding hydrogens is 260 g/mol. The van der Waals surface area contributed by atoms with Gasteiger partial charge in [0.25, 0.3) is 0 Å². The zero-order chi connectivity index (χ0) is 13.7. The second-order valence-corrected chi connectivity index (χ2v) is 7.87. The van der Waals surface area contributed by atoms with E-state index in [1.807, 2.05) is 11.8 Å². The van der Waals surface area contributed by atoms with Crippen LogP contribution in [0, 0.1) is 17.3 Å². The molecule has 0 aromatic heterocycles.